The lowest BCUT2D eigenvalue weighted by Gasteiger charge is -2.13. The summed E-state index contributed by atoms with van der Waals surface area (Å²) >= 11 is 0. The normalized spacial score (nSPS) is 11.6. The van der Waals surface area contributed by atoms with Crippen LogP contribution < -0.4 is 0 Å². The fourth-order valence-electron chi connectivity index (χ4n) is 3.72. The van der Waals surface area contributed by atoms with Gasteiger partial charge in [-0.3, -0.25) is 0 Å². The molecule has 0 radical (unpaired) electrons. The number of benzene rings is 5. The first-order valence-corrected chi connectivity index (χ1v) is 9.50. The summed E-state index contributed by atoms with van der Waals surface area (Å²) in [5.74, 6) is 0. The van der Waals surface area contributed by atoms with Gasteiger partial charge in [0.1, 0.15) is 0 Å². The van der Waals surface area contributed by atoms with Crippen molar-refractivity contribution >= 4 is 67.7 Å². The van der Waals surface area contributed by atoms with Gasteiger partial charge >= 0.3 is 24.6 Å². The largest absolute Gasteiger partial charge is 0.528 e. The summed E-state index contributed by atoms with van der Waals surface area (Å²) in [6, 6.07) is 26.4. The summed E-state index contributed by atoms with van der Waals surface area (Å²) in [5.41, 5.74) is 0. The van der Waals surface area contributed by atoms with Crippen LogP contribution in [0.2, 0.25) is 0 Å². The average molecular weight is 464 g/mol. The molecule has 10 heteroatoms. The first-order valence-electron chi connectivity index (χ1n) is 9.50. The Kier molecular flexibility index (Phi) is 6.92. The second kappa shape index (κ2) is 10.0. The Bertz CT molecular complexity index is 1310. The monoisotopic (exact) mass is 464 g/mol. The zero-order valence-electron chi connectivity index (χ0n) is 17.2. The van der Waals surface area contributed by atoms with E-state index in [0.717, 1.165) is 0 Å². The number of hydrogen-bond acceptors (Lipinski definition) is 6. The van der Waals surface area contributed by atoms with Crippen molar-refractivity contribution in [3.8, 4) is 0 Å². The molecule has 6 rings (SSSR count). The number of rotatable bonds is 0. The third kappa shape index (κ3) is 5.19. The van der Waals surface area contributed by atoms with E-state index in [1.165, 1.54) is 43.1 Å². The number of carbonyl (C=O) groups is 4. The molecule has 1 aliphatic heterocycles. The summed E-state index contributed by atoms with van der Waals surface area (Å²) in [5, 5.41) is 38.8. The van der Waals surface area contributed by atoms with Gasteiger partial charge in [0.05, 0.1) is 0 Å². The van der Waals surface area contributed by atoms with Gasteiger partial charge < -0.3 is 29.9 Å². The highest BCUT2D eigenvalue weighted by Crippen LogP contribution is 2.39. The lowest BCUT2D eigenvalue weighted by molar-refractivity contribution is 0.00673. The van der Waals surface area contributed by atoms with Crippen LogP contribution in [0.25, 0.3) is 43.1 Å². The highest BCUT2D eigenvalue weighted by molar-refractivity contribution is 6.32. The van der Waals surface area contributed by atoms with Gasteiger partial charge in [0, 0.05) is 0 Å². The topological polar surface area (TPSA) is 168 Å². The predicted molar refractivity (Wildman–Crippen MR) is 122 cm³/mol. The summed E-state index contributed by atoms with van der Waals surface area (Å²) in [6.45, 7) is 0. The Balaban J connectivity index is 0.000000192. The van der Waals surface area contributed by atoms with E-state index in [9.17, 15) is 9.59 Å². The first kappa shape index (κ1) is 23.5. The van der Waals surface area contributed by atoms with Crippen LogP contribution in [0.15, 0.2) is 72.8 Å². The second-order valence-corrected chi connectivity index (χ2v) is 6.69. The highest BCUT2D eigenvalue weighted by Gasteiger charge is 2.27. The molecule has 0 bridgehead atoms. The van der Waals surface area contributed by atoms with E-state index in [0.29, 0.717) is 0 Å². The van der Waals surface area contributed by atoms with E-state index in [1.54, 1.807) is 0 Å². The maximum absolute atomic E-state index is 9.44. The minimum atomic E-state index is -1.83. The lowest BCUT2D eigenvalue weighted by Crippen LogP contribution is -2.27. The summed E-state index contributed by atoms with van der Waals surface area (Å²) in [4.78, 5) is 36.0. The molecular weight excluding hydrogens is 448 g/mol. The smallest absolute Gasteiger partial charge is 0.450 e. The minimum absolute atomic E-state index is 0.917. The van der Waals surface area contributed by atoms with Crippen LogP contribution in [0, 0.1) is 0 Å². The third-order valence-corrected chi connectivity index (χ3v) is 4.72. The lowest BCUT2D eigenvalue weighted by atomic mass is 9.90. The molecule has 1 saturated heterocycles. The summed E-state index contributed by atoms with van der Waals surface area (Å²) < 4.78 is 7.28. The molecule has 0 aliphatic carbocycles. The maximum atomic E-state index is 9.44. The van der Waals surface area contributed by atoms with Gasteiger partial charge in [-0.15, -0.1) is 0 Å². The average Bonchev–Trinajstić information content (AvgIpc) is 2.76. The molecule has 5 aromatic carbocycles. The van der Waals surface area contributed by atoms with Crippen molar-refractivity contribution in [1.29, 1.82) is 0 Å². The number of cyclic esters (lactones) is 4. The van der Waals surface area contributed by atoms with Crippen LogP contribution in [-0.4, -0.2) is 45.0 Å². The van der Waals surface area contributed by atoms with Crippen LogP contribution in [0.5, 0.6) is 0 Å². The summed E-state index contributed by atoms with van der Waals surface area (Å²) in [6.07, 6.45) is -5.50. The van der Waals surface area contributed by atoms with Gasteiger partial charge in [-0.2, -0.15) is 0 Å². The van der Waals surface area contributed by atoms with Gasteiger partial charge in [0.2, 0.25) is 0 Å². The fraction of sp³-hybridized carbons (Fsp3) is 0. The van der Waals surface area contributed by atoms with Gasteiger partial charge in [-0.1, -0.05) is 72.8 Å². The van der Waals surface area contributed by atoms with Crippen LogP contribution in [0.1, 0.15) is 0 Å². The SMILES string of the molecule is O=C(O)O.O=C(O)O.O=C1OC(=O)O1.c1cc2cccc3c4cccc5cccc(c(c1)c23)c54. The number of ether oxygens (including phenoxy) is 2. The molecule has 0 spiro atoms. The third-order valence-electron chi connectivity index (χ3n) is 4.72. The molecule has 0 aromatic heterocycles. The predicted octanol–water partition coefficient (Wildman–Crippen LogP) is 6.46. The van der Waals surface area contributed by atoms with Crippen LogP contribution in [0.4, 0.5) is 19.2 Å². The molecule has 34 heavy (non-hydrogen) atoms. The van der Waals surface area contributed by atoms with Crippen LogP contribution in [-0.2, 0) is 9.47 Å². The molecule has 0 unspecified atom stereocenters. The van der Waals surface area contributed by atoms with Gasteiger partial charge in [0.25, 0.3) is 0 Å². The number of carbonyl (C=O) groups excluding carboxylic acids is 2. The zero-order valence-corrected chi connectivity index (χ0v) is 17.2. The van der Waals surface area contributed by atoms with Crippen molar-refractivity contribution in [2.75, 3.05) is 0 Å². The molecule has 1 fully saturated rings. The second-order valence-electron chi connectivity index (χ2n) is 6.69. The number of fused-ring (bicyclic) bond motifs is 2. The minimum Gasteiger partial charge on any atom is -0.450 e. The Hall–Kier alpha value is -5.12. The molecule has 172 valence electrons. The summed E-state index contributed by atoms with van der Waals surface area (Å²) in [7, 11) is 0. The molecular formula is C24H16O10. The van der Waals surface area contributed by atoms with Crippen molar-refractivity contribution in [2.24, 2.45) is 0 Å². The molecule has 0 amide bonds. The molecule has 10 nitrogen and oxygen atoms in total. The first-order chi connectivity index (χ1) is 16.2. The van der Waals surface area contributed by atoms with Crippen molar-refractivity contribution < 1.29 is 49.1 Å². The molecule has 0 atom stereocenters. The maximum Gasteiger partial charge on any atom is 0.528 e. The molecule has 1 heterocycles. The van der Waals surface area contributed by atoms with E-state index < -0.39 is 24.6 Å². The van der Waals surface area contributed by atoms with Crippen LogP contribution >= 0.6 is 0 Å². The molecule has 1 aliphatic rings. The molecule has 5 aromatic rings. The van der Waals surface area contributed by atoms with E-state index in [4.69, 9.17) is 30.0 Å². The van der Waals surface area contributed by atoms with Crippen LogP contribution in [0.3, 0.4) is 0 Å². The Morgan fingerprint density at radius 2 is 0.735 bits per heavy atom. The van der Waals surface area contributed by atoms with Gasteiger partial charge in [-0.25, -0.2) is 19.2 Å². The van der Waals surface area contributed by atoms with Gasteiger partial charge in [-0.05, 0) is 43.1 Å². The van der Waals surface area contributed by atoms with Crippen molar-refractivity contribution in [2.45, 2.75) is 0 Å². The Morgan fingerprint density at radius 1 is 0.500 bits per heavy atom. The van der Waals surface area contributed by atoms with Crippen molar-refractivity contribution in [3.05, 3.63) is 72.8 Å². The molecule has 0 saturated carbocycles. The van der Waals surface area contributed by atoms with E-state index >= 15 is 0 Å². The van der Waals surface area contributed by atoms with Gasteiger partial charge in [0.15, 0.2) is 0 Å². The molecule has 4 N–H and O–H groups in total. The van der Waals surface area contributed by atoms with E-state index in [2.05, 4.69) is 82.3 Å². The standard InChI is InChI=1S/C20H12.C2O4.2CH2O3/c1-5-13-6-2-11-17-18-12-4-8-14-7-3-10-16(20(14)18)15(9-1)19(13)17;3-1-5-2(4)6-1;2*2-1(3)4/h1-12H;;2*(H2,2,3,4). The van der Waals surface area contributed by atoms with Crippen molar-refractivity contribution in [1.82, 2.24) is 0 Å². The quantitative estimate of drug-likeness (QED) is 0.0864. The van der Waals surface area contributed by atoms with E-state index in [1.807, 2.05) is 0 Å². The Morgan fingerprint density at radius 3 is 0.912 bits per heavy atom. The Labute approximate surface area is 190 Å². The zero-order chi connectivity index (χ0) is 24.8. The number of carboxylic acid groups (broad SMARTS) is 4. The highest BCUT2D eigenvalue weighted by atomic mass is 16.9. The van der Waals surface area contributed by atoms with Crippen molar-refractivity contribution in [3.63, 3.8) is 0 Å². The fourth-order valence-corrected chi connectivity index (χ4v) is 3.72. The number of hydrogen-bond donors (Lipinski definition) is 4. The van der Waals surface area contributed by atoms with E-state index in [-0.39, 0.29) is 0 Å².